The van der Waals surface area contributed by atoms with Gasteiger partial charge in [-0.1, -0.05) is 13.0 Å². The minimum absolute atomic E-state index is 0.0513. The average Bonchev–Trinajstić information content (AvgIpc) is 2.97. The third kappa shape index (κ3) is 4.10. The van der Waals surface area contributed by atoms with Crippen LogP contribution in [0.4, 0.5) is 4.39 Å². The molecule has 0 amide bonds. The molecule has 2 aromatic rings. The first-order valence-electron chi connectivity index (χ1n) is 6.49. The number of aromatic nitrogens is 2. The Morgan fingerprint density at radius 3 is 2.76 bits per heavy atom. The largest absolute Gasteiger partial charge is 0.313 e. The van der Waals surface area contributed by atoms with Crippen LogP contribution in [-0.4, -0.2) is 25.2 Å². The van der Waals surface area contributed by atoms with Crippen molar-refractivity contribution in [3.8, 4) is 0 Å². The lowest BCUT2D eigenvalue weighted by Crippen LogP contribution is -2.24. The van der Waals surface area contributed by atoms with Gasteiger partial charge in [-0.05, 0) is 24.2 Å². The van der Waals surface area contributed by atoms with Gasteiger partial charge in [-0.2, -0.15) is 5.10 Å². The zero-order valence-electron chi connectivity index (χ0n) is 11.6. The molecule has 6 nitrogen and oxygen atoms in total. The van der Waals surface area contributed by atoms with Crippen molar-refractivity contribution in [2.75, 3.05) is 6.54 Å². The normalized spacial score (nSPS) is 11.7. The Bertz CT molecular complexity index is 686. The molecule has 0 spiro atoms. The number of sulfonamides is 1. The Balaban J connectivity index is 2.17. The molecule has 1 heterocycles. The number of benzene rings is 1. The summed E-state index contributed by atoms with van der Waals surface area (Å²) in [6.07, 6.45) is 3.07. The zero-order chi connectivity index (χ0) is 15.3. The molecule has 3 N–H and O–H groups in total. The highest BCUT2D eigenvalue weighted by Gasteiger charge is 2.19. The van der Waals surface area contributed by atoms with Crippen LogP contribution < -0.4 is 10.0 Å². The fourth-order valence-electron chi connectivity index (χ4n) is 1.76. The summed E-state index contributed by atoms with van der Waals surface area (Å²) in [6, 6.07) is 4.07. The van der Waals surface area contributed by atoms with Crippen LogP contribution in [-0.2, 0) is 23.1 Å². The van der Waals surface area contributed by atoms with E-state index in [4.69, 9.17) is 0 Å². The summed E-state index contributed by atoms with van der Waals surface area (Å²) in [5.41, 5.74) is 1.38. The minimum Gasteiger partial charge on any atom is -0.313 e. The average molecular weight is 312 g/mol. The smallest absolute Gasteiger partial charge is 0.243 e. The summed E-state index contributed by atoms with van der Waals surface area (Å²) in [6.45, 7) is 3.22. The van der Waals surface area contributed by atoms with Crippen molar-refractivity contribution >= 4 is 10.0 Å². The molecule has 1 aromatic carbocycles. The molecule has 0 atom stereocenters. The van der Waals surface area contributed by atoms with Crippen molar-refractivity contribution < 1.29 is 12.8 Å². The van der Waals surface area contributed by atoms with E-state index in [0.717, 1.165) is 6.54 Å². The molecule has 8 heteroatoms. The SMILES string of the molecule is CCNCc1ccc(F)c(S(=O)(=O)NCc2cn[nH]c2)c1. The molecule has 0 aliphatic carbocycles. The van der Waals surface area contributed by atoms with E-state index in [9.17, 15) is 12.8 Å². The molecule has 2 rings (SSSR count). The summed E-state index contributed by atoms with van der Waals surface area (Å²) in [5, 5.41) is 9.37. The molecule has 0 fully saturated rings. The number of nitrogens with one attached hydrogen (secondary N) is 3. The molecule has 21 heavy (non-hydrogen) atoms. The predicted molar refractivity (Wildman–Crippen MR) is 76.4 cm³/mol. The summed E-state index contributed by atoms with van der Waals surface area (Å²) in [5.74, 6) is -0.769. The molecular weight excluding hydrogens is 295 g/mol. The van der Waals surface area contributed by atoms with Crippen LogP contribution in [0.1, 0.15) is 18.1 Å². The van der Waals surface area contributed by atoms with Gasteiger partial charge in [-0.15, -0.1) is 0 Å². The molecule has 0 radical (unpaired) electrons. The number of aromatic amines is 1. The van der Waals surface area contributed by atoms with Gasteiger partial charge < -0.3 is 5.32 Å². The molecule has 0 saturated heterocycles. The van der Waals surface area contributed by atoms with Crippen LogP contribution in [0, 0.1) is 5.82 Å². The standard InChI is InChI=1S/C13H17FN4O2S/c1-2-15-6-10-3-4-12(14)13(5-10)21(19,20)18-9-11-7-16-17-8-11/h3-5,7-8,15,18H,2,6,9H2,1H3,(H,16,17). The zero-order valence-corrected chi connectivity index (χ0v) is 12.4. The van der Waals surface area contributed by atoms with Crippen molar-refractivity contribution in [2.24, 2.45) is 0 Å². The molecule has 0 aliphatic heterocycles. The fourth-order valence-corrected chi connectivity index (χ4v) is 2.91. The molecule has 1 aromatic heterocycles. The Kier molecular flexibility index (Phi) is 5.05. The van der Waals surface area contributed by atoms with Crippen LogP contribution in [0.25, 0.3) is 0 Å². The number of H-pyrrole nitrogens is 1. The summed E-state index contributed by atoms with van der Waals surface area (Å²) in [4.78, 5) is -0.346. The first kappa shape index (κ1) is 15.6. The molecule has 0 bridgehead atoms. The number of hydrogen-bond acceptors (Lipinski definition) is 4. The first-order chi connectivity index (χ1) is 10.0. The van der Waals surface area contributed by atoms with Gasteiger partial charge in [0.15, 0.2) is 0 Å². The quantitative estimate of drug-likeness (QED) is 0.715. The molecule has 0 aliphatic rings. The van der Waals surface area contributed by atoms with Gasteiger partial charge >= 0.3 is 0 Å². The summed E-state index contributed by atoms with van der Waals surface area (Å²) >= 11 is 0. The van der Waals surface area contributed by atoms with E-state index in [1.165, 1.54) is 18.3 Å². The number of rotatable bonds is 7. The van der Waals surface area contributed by atoms with E-state index in [0.29, 0.717) is 17.7 Å². The van der Waals surface area contributed by atoms with E-state index in [-0.39, 0.29) is 11.4 Å². The van der Waals surface area contributed by atoms with Crippen molar-refractivity contribution in [3.05, 3.63) is 47.5 Å². The lowest BCUT2D eigenvalue weighted by atomic mass is 10.2. The summed E-state index contributed by atoms with van der Waals surface area (Å²) < 4.78 is 40.5. The predicted octanol–water partition coefficient (Wildman–Crippen LogP) is 1.14. The van der Waals surface area contributed by atoms with E-state index in [1.54, 1.807) is 12.3 Å². The van der Waals surface area contributed by atoms with Crippen LogP contribution in [0.3, 0.4) is 0 Å². The lowest BCUT2D eigenvalue weighted by molar-refractivity contribution is 0.555. The molecule has 0 saturated carbocycles. The van der Waals surface area contributed by atoms with Gasteiger partial charge in [0.05, 0.1) is 6.20 Å². The second kappa shape index (κ2) is 6.79. The third-order valence-electron chi connectivity index (χ3n) is 2.89. The lowest BCUT2D eigenvalue weighted by Gasteiger charge is -2.09. The van der Waals surface area contributed by atoms with E-state index in [1.807, 2.05) is 6.92 Å². The van der Waals surface area contributed by atoms with E-state index in [2.05, 4.69) is 20.2 Å². The van der Waals surface area contributed by atoms with Crippen molar-refractivity contribution in [2.45, 2.75) is 24.9 Å². The second-order valence-electron chi connectivity index (χ2n) is 4.48. The summed E-state index contributed by atoms with van der Waals surface area (Å²) in [7, 11) is -3.91. The van der Waals surface area contributed by atoms with Crippen LogP contribution in [0.2, 0.25) is 0 Å². The van der Waals surface area contributed by atoms with Crippen molar-refractivity contribution in [3.63, 3.8) is 0 Å². The fraction of sp³-hybridized carbons (Fsp3) is 0.308. The molecular formula is C13H17FN4O2S. The number of nitrogens with zero attached hydrogens (tertiary/aromatic N) is 1. The van der Waals surface area contributed by atoms with Crippen molar-refractivity contribution in [1.29, 1.82) is 0 Å². The van der Waals surface area contributed by atoms with Crippen LogP contribution in [0.5, 0.6) is 0 Å². The molecule has 0 unspecified atom stereocenters. The highest BCUT2D eigenvalue weighted by atomic mass is 32.2. The second-order valence-corrected chi connectivity index (χ2v) is 6.21. The monoisotopic (exact) mass is 312 g/mol. The Morgan fingerprint density at radius 1 is 1.29 bits per heavy atom. The number of halogens is 1. The Labute approximate surface area is 122 Å². The van der Waals surface area contributed by atoms with Crippen LogP contribution in [0.15, 0.2) is 35.5 Å². The molecule has 114 valence electrons. The third-order valence-corrected chi connectivity index (χ3v) is 4.30. The van der Waals surface area contributed by atoms with E-state index < -0.39 is 15.8 Å². The maximum Gasteiger partial charge on any atom is 0.243 e. The van der Waals surface area contributed by atoms with Gasteiger partial charge in [0.2, 0.25) is 10.0 Å². The van der Waals surface area contributed by atoms with Gasteiger partial charge in [-0.25, -0.2) is 17.5 Å². The van der Waals surface area contributed by atoms with E-state index >= 15 is 0 Å². The maximum absolute atomic E-state index is 13.8. The van der Waals surface area contributed by atoms with Gasteiger partial charge in [0.1, 0.15) is 10.7 Å². The van der Waals surface area contributed by atoms with Crippen molar-refractivity contribution in [1.82, 2.24) is 20.2 Å². The Hall–Kier alpha value is -1.77. The maximum atomic E-state index is 13.8. The van der Waals surface area contributed by atoms with Gasteiger partial charge in [-0.3, -0.25) is 5.10 Å². The highest BCUT2D eigenvalue weighted by Crippen LogP contribution is 2.16. The first-order valence-corrected chi connectivity index (χ1v) is 7.97. The topological polar surface area (TPSA) is 86.9 Å². The van der Waals surface area contributed by atoms with Crippen LogP contribution >= 0.6 is 0 Å². The number of hydrogen-bond donors (Lipinski definition) is 3. The van der Waals surface area contributed by atoms with Gasteiger partial charge in [0.25, 0.3) is 0 Å². The Morgan fingerprint density at radius 2 is 2.10 bits per heavy atom. The minimum atomic E-state index is -3.91. The highest BCUT2D eigenvalue weighted by molar-refractivity contribution is 7.89. The van der Waals surface area contributed by atoms with Gasteiger partial charge in [0, 0.05) is 24.8 Å².